The average Bonchev–Trinajstić information content (AvgIpc) is 2.70. The molecule has 0 spiro atoms. The van der Waals surface area contributed by atoms with Crippen LogP contribution < -0.4 is 15.4 Å². The molecule has 3 aromatic rings. The molecule has 0 saturated carbocycles. The smallest absolute Gasteiger partial charge is 0.257 e. The van der Waals surface area contributed by atoms with Crippen molar-refractivity contribution in [2.45, 2.75) is 20.3 Å². The predicted octanol–water partition coefficient (Wildman–Crippen LogP) is 5.04. The van der Waals surface area contributed by atoms with Crippen molar-refractivity contribution >= 4 is 23.1 Å². The second-order valence-electron chi connectivity index (χ2n) is 5.95. The Bertz CT molecular complexity index is 907. The first-order valence-corrected chi connectivity index (χ1v) is 9.05. The van der Waals surface area contributed by atoms with E-state index in [1.54, 1.807) is 18.3 Å². The third-order valence-corrected chi connectivity index (χ3v) is 4.12. The van der Waals surface area contributed by atoms with E-state index in [4.69, 9.17) is 4.74 Å². The zero-order chi connectivity index (χ0) is 19.1. The first-order chi connectivity index (χ1) is 13.2. The van der Waals surface area contributed by atoms with Gasteiger partial charge in [0.25, 0.3) is 5.91 Å². The van der Waals surface area contributed by atoms with Gasteiger partial charge in [0.15, 0.2) is 0 Å². The lowest BCUT2D eigenvalue weighted by atomic mass is 10.1. The topological polar surface area (TPSA) is 63.2 Å². The fourth-order valence-corrected chi connectivity index (χ4v) is 2.74. The van der Waals surface area contributed by atoms with E-state index in [2.05, 4.69) is 28.6 Å². The normalized spacial score (nSPS) is 10.3. The minimum atomic E-state index is -0.227. The summed E-state index contributed by atoms with van der Waals surface area (Å²) in [5.74, 6) is 1.12. The Morgan fingerprint density at radius 3 is 2.41 bits per heavy atom. The highest BCUT2D eigenvalue weighted by Gasteiger charge is 2.10. The van der Waals surface area contributed by atoms with Crippen molar-refractivity contribution in [1.29, 1.82) is 0 Å². The highest BCUT2D eigenvalue weighted by molar-refractivity contribution is 6.04. The summed E-state index contributed by atoms with van der Waals surface area (Å²) in [7, 11) is 0. The van der Waals surface area contributed by atoms with Crippen molar-refractivity contribution in [2.24, 2.45) is 0 Å². The van der Waals surface area contributed by atoms with Gasteiger partial charge in [-0.25, -0.2) is 4.98 Å². The van der Waals surface area contributed by atoms with Crippen molar-refractivity contribution < 1.29 is 9.53 Å². The molecule has 27 heavy (non-hydrogen) atoms. The number of pyridine rings is 1. The van der Waals surface area contributed by atoms with Crippen LogP contribution in [0.15, 0.2) is 66.9 Å². The third-order valence-electron chi connectivity index (χ3n) is 4.12. The highest BCUT2D eigenvalue weighted by Crippen LogP contribution is 2.24. The van der Waals surface area contributed by atoms with Gasteiger partial charge in [-0.2, -0.15) is 0 Å². The molecule has 0 fully saturated rings. The standard InChI is InChI=1S/C22H23N3O2/c1-3-16-9-5-6-10-18(16)24-21-14-13-17(15-23-21)22(26)25-19-11-7-8-12-20(19)27-4-2/h5-15H,3-4H2,1-2H3,(H,23,24)(H,25,26). The number of carbonyl (C=O) groups is 1. The summed E-state index contributed by atoms with van der Waals surface area (Å²) in [5.41, 5.74) is 3.36. The van der Waals surface area contributed by atoms with Crippen molar-refractivity contribution in [3.63, 3.8) is 0 Å². The fraction of sp³-hybridized carbons (Fsp3) is 0.182. The van der Waals surface area contributed by atoms with E-state index in [-0.39, 0.29) is 5.91 Å². The number of rotatable bonds is 7. The third kappa shape index (κ3) is 4.64. The van der Waals surface area contributed by atoms with Gasteiger partial charge in [0, 0.05) is 11.9 Å². The maximum atomic E-state index is 12.5. The summed E-state index contributed by atoms with van der Waals surface area (Å²) in [6.45, 7) is 4.56. The Kier molecular flexibility index (Phi) is 6.05. The minimum Gasteiger partial charge on any atom is -0.492 e. The number of aryl methyl sites for hydroxylation is 1. The summed E-state index contributed by atoms with van der Waals surface area (Å²) in [6.07, 6.45) is 2.50. The molecule has 0 bridgehead atoms. The summed E-state index contributed by atoms with van der Waals surface area (Å²) in [6, 6.07) is 19.0. The van der Waals surface area contributed by atoms with Crippen LogP contribution in [0.5, 0.6) is 5.75 Å². The van der Waals surface area contributed by atoms with Crippen LogP contribution in [0.4, 0.5) is 17.2 Å². The average molecular weight is 361 g/mol. The van der Waals surface area contributed by atoms with E-state index in [1.165, 1.54) is 5.56 Å². The van der Waals surface area contributed by atoms with E-state index in [1.807, 2.05) is 49.4 Å². The highest BCUT2D eigenvalue weighted by atomic mass is 16.5. The zero-order valence-electron chi connectivity index (χ0n) is 15.5. The van der Waals surface area contributed by atoms with Gasteiger partial charge < -0.3 is 15.4 Å². The van der Waals surface area contributed by atoms with Crippen molar-refractivity contribution in [3.8, 4) is 5.75 Å². The number of aromatic nitrogens is 1. The quantitative estimate of drug-likeness (QED) is 0.619. The molecule has 0 aliphatic carbocycles. The van der Waals surface area contributed by atoms with Crippen LogP contribution in [0.1, 0.15) is 29.8 Å². The molecule has 0 aliphatic heterocycles. The molecule has 2 aromatic carbocycles. The first kappa shape index (κ1) is 18.5. The number of benzene rings is 2. The summed E-state index contributed by atoms with van der Waals surface area (Å²) < 4.78 is 5.54. The Morgan fingerprint density at radius 2 is 1.70 bits per heavy atom. The second-order valence-corrected chi connectivity index (χ2v) is 5.95. The second kappa shape index (κ2) is 8.85. The monoisotopic (exact) mass is 361 g/mol. The number of hydrogen-bond donors (Lipinski definition) is 2. The fourth-order valence-electron chi connectivity index (χ4n) is 2.74. The van der Waals surface area contributed by atoms with Gasteiger partial charge in [-0.3, -0.25) is 4.79 Å². The number of hydrogen-bond acceptors (Lipinski definition) is 4. The minimum absolute atomic E-state index is 0.227. The molecule has 0 radical (unpaired) electrons. The molecule has 0 aliphatic rings. The molecule has 1 aromatic heterocycles. The van der Waals surface area contributed by atoms with Gasteiger partial charge in [0.1, 0.15) is 11.6 Å². The van der Waals surface area contributed by atoms with Crippen LogP contribution in [-0.4, -0.2) is 17.5 Å². The Labute approximate surface area is 159 Å². The van der Waals surface area contributed by atoms with Crippen LogP contribution >= 0.6 is 0 Å². The van der Waals surface area contributed by atoms with Crippen LogP contribution in [0.3, 0.4) is 0 Å². The number of anilines is 3. The SMILES string of the molecule is CCOc1ccccc1NC(=O)c1ccc(Nc2ccccc2CC)nc1. The summed E-state index contributed by atoms with van der Waals surface area (Å²) in [4.78, 5) is 16.9. The van der Waals surface area contributed by atoms with Crippen molar-refractivity contribution in [1.82, 2.24) is 4.98 Å². The van der Waals surface area contributed by atoms with Crippen LogP contribution in [-0.2, 0) is 6.42 Å². The lowest BCUT2D eigenvalue weighted by Crippen LogP contribution is -2.13. The maximum Gasteiger partial charge on any atom is 0.257 e. The number of ether oxygens (including phenoxy) is 1. The molecule has 0 saturated heterocycles. The number of para-hydroxylation sites is 3. The number of nitrogens with one attached hydrogen (secondary N) is 2. The van der Waals surface area contributed by atoms with E-state index in [0.29, 0.717) is 29.4 Å². The molecular weight excluding hydrogens is 338 g/mol. The molecule has 5 nitrogen and oxygen atoms in total. The van der Waals surface area contributed by atoms with Crippen molar-refractivity contribution in [3.05, 3.63) is 78.0 Å². The van der Waals surface area contributed by atoms with Crippen LogP contribution in [0.2, 0.25) is 0 Å². The van der Waals surface area contributed by atoms with Gasteiger partial charge >= 0.3 is 0 Å². The van der Waals surface area contributed by atoms with Gasteiger partial charge in [-0.05, 0) is 49.2 Å². The van der Waals surface area contributed by atoms with E-state index in [0.717, 1.165) is 12.1 Å². The molecule has 3 rings (SSSR count). The molecule has 1 amide bonds. The molecule has 138 valence electrons. The Balaban J connectivity index is 1.71. The van der Waals surface area contributed by atoms with Gasteiger partial charge in [0.05, 0.1) is 17.9 Å². The molecule has 0 atom stereocenters. The molecule has 0 unspecified atom stereocenters. The molecule has 5 heteroatoms. The number of carbonyl (C=O) groups excluding carboxylic acids is 1. The molecule has 1 heterocycles. The van der Waals surface area contributed by atoms with Crippen LogP contribution in [0, 0.1) is 0 Å². The first-order valence-electron chi connectivity index (χ1n) is 9.05. The lowest BCUT2D eigenvalue weighted by Gasteiger charge is -2.12. The number of nitrogens with zero attached hydrogens (tertiary/aromatic N) is 1. The van der Waals surface area contributed by atoms with E-state index in [9.17, 15) is 4.79 Å². The number of amides is 1. The molecule has 2 N–H and O–H groups in total. The lowest BCUT2D eigenvalue weighted by molar-refractivity contribution is 0.102. The zero-order valence-corrected chi connectivity index (χ0v) is 15.5. The molecular formula is C22H23N3O2. The maximum absolute atomic E-state index is 12.5. The van der Waals surface area contributed by atoms with Crippen LogP contribution in [0.25, 0.3) is 0 Å². The predicted molar refractivity (Wildman–Crippen MR) is 109 cm³/mol. The summed E-state index contributed by atoms with van der Waals surface area (Å²) in [5, 5.41) is 6.18. The Morgan fingerprint density at radius 1 is 0.963 bits per heavy atom. The Hall–Kier alpha value is -3.34. The largest absolute Gasteiger partial charge is 0.492 e. The van der Waals surface area contributed by atoms with Crippen molar-refractivity contribution in [2.75, 3.05) is 17.2 Å². The summed E-state index contributed by atoms with van der Waals surface area (Å²) >= 11 is 0. The van der Waals surface area contributed by atoms with E-state index < -0.39 is 0 Å². The van der Waals surface area contributed by atoms with Gasteiger partial charge in [-0.1, -0.05) is 37.3 Å². The van der Waals surface area contributed by atoms with E-state index >= 15 is 0 Å². The van der Waals surface area contributed by atoms with Gasteiger partial charge in [-0.15, -0.1) is 0 Å². The van der Waals surface area contributed by atoms with Gasteiger partial charge in [0.2, 0.25) is 0 Å².